The average molecular weight is 340 g/mol. The second-order valence-corrected chi connectivity index (χ2v) is 5.32. The molecule has 126 valence electrons. The van der Waals surface area contributed by atoms with Gasteiger partial charge in [0.1, 0.15) is 11.6 Å². The Kier molecular flexibility index (Phi) is 4.65. The maximum absolute atomic E-state index is 13.2. The second-order valence-electron chi connectivity index (χ2n) is 5.32. The van der Waals surface area contributed by atoms with Crippen LogP contribution >= 0.6 is 0 Å². The Morgan fingerprint density at radius 3 is 2.00 bits per heavy atom. The van der Waals surface area contributed by atoms with Crippen LogP contribution in [-0.4, -0.2) is 15.7 Å². The van der Waals surface area contributed by atoms with E-state index in [-0.39, 0.29) is 23.1 Å². The maximum atomic E-state index is 13.2. The monoisotopic (exact) mass is 340 g/mol. The lowest BCUT2D eigenvalue weighted by molar-refractivity contribution is 0.627. The highest BCUT2D eigenvalue weighted by Gasteiger charge is 2.09. The van der Waals surface area contributed by atoms with Gasteiger partial charge in [0.05, 0.1) is 5.71 Å². The summed E-state index contributed by atoms with van der Waals surface area (Å²) in [6.45, 7) is 1.69. The normalized spacial score (nSPS) is 10.4. The SMILES string of the molecule is Cc1cc(=O)[nH]c(NN=C(c2ccc(F)cc2)c2ccc(F)cc2)n1. The molecule has 7 heteroatoms. The van der Waals surface area contributed by atoms with Gasteiger partial charge in [-0.15, -0.1) is 0 Å². The van der Waals surface area contributed by atoms with Crippen molar-refractivity contribution >= 4 is 11.7 Å². The minimum absolute atomic E-state index is 0.173. The lowest BCUT2D eigenvalue weighted by Crippen LogP contribution is -2.12. The van der Waals surface area contributed by atoms with Crippen molar-refractivity contribution in [3.63, 3.8) is 0 Å². The molecule has 0 saturated carbocycles. The molecule has 1 aromatic heterocycles. The molecule has 0 saturated heterocycles. The van der Waals surface area contributed by atoms with E-state index in [0.717, 1.165) is 0 Å². The molecule has 25 heavy (non-hydrogen) atoms. The highest BCUT2D eigenvalue weighted by atomic mass is 19.1. The summed E-state index contributed by atoms with van der Waals surface area (Å²) in [6.07, 6.45) is 0. The fourth-order valence-electron chi connectivity index (χ4n) is 2.25. The van der Waals surface area contributed by atoms with Crippen molar-refractivity contribution in [1.29, 1.82) is 0 Å². The van der Waals surface area contributed by atoms with Crippen molar-refractivity contribution in [3.05, 3.63) is 93.4 Å². The van der Waals surface area contributed by atoms with Crippen LogP contribution in [0.25, 0.3) is 0 Å². The van der Waals surface area contributed by atoms with E-state index in [1.807, 2.05) is 0 Å². The number of hydrogen-bond acceptors (Lipinski definition) is 4. The fraction of sp³-hybridized carbons (Fsp3) is 0.0556. The summed E-state index contributed by atoms with van der Waals surface area (Å²) in [4.78, 5) is 18.2. The third-order valence-electron chi connectivity index (χ3n) is 3.38. The first kappa shape index (κ1) is 16.5. The molecular weight excluding hydrogens is 326 g/mol. The van der Waals surface area contributed by atoms with Crippen molar-refractivity contribution in [2.75, 3.05) is 5.43 Å². The molecule has 2 N–H and O–H groups in total. The standard InChI is InChI=1S/C18H14F2N4O/c1-11-10-16(25)22-18(21-11)24-23-17(12-2-6-14(19)7-3-12)13-4-8-15(20)9-5-13/h2-10H,1H3,(H2,21,22,24,25). The largest absolute Gasteiger partial charge is 0.291 e. The highest BCUT2D eigenvalue weighted by molar-refractivity contribution is 6.13. The van der Waals surface area contributed by atoms with E-state index in [9.17, 15) is 13.6 Å². The van der Waals surface area contributed by atoms with Crippen LogP contribution in [0, 0.1) is 18.6 Å². The Balaban J connectivity index is 2.02. The molecule has 3 aromatic rings. The number of benzene rings is 2. The van der Waals surface area contributed by atoms with Crippen LogP contribution in [0.2, 0.25) is 0 Å². The average Bonchev–Trinajstić information content (AvgIpc) is 2.57. The third-order valence-corrected chi connectivity index (χ3v) is 3.38. The van der Waals surface area contributed by atoms with E-state index in [1.165, 1.54) is 30.3 Å². The second kappa shape index (κ2) is 7.04. The molecule has 0 aliphatic carbocycles. The Hall–Kier alpha value is -3.35. The van der Waals surface area contributed by atoms with Crippen molar-refractivity contribution in [2.45, 2.75) is 6.92 Å². The number of nitrogens with zero attached hydrogens (tertiary/aromatic N) is 2. The predicted molar refractivity (Wildman–Crippen MR) is 91.7 cm³/mol. The van der Waals surface area contributed by atoms with Gasteiger partial charge in [-0.2, -0.15) is 5.10 Å². The molecule has 0 atom stereocenters. The molecule has 0 aliphatic heterocycles. The van der Waals surface area contributed by atoms with Gasteiger partial charge >= 0.3 is 0 Å². The Bertz CT molecular complexity index is 916. The summed E-state index contributed by atoms with van der Waals surface area (Å²) >= 11 is 0. The lowest BCUT2D eigenvalue weighted by Gasteiger charge is -2.08. The molecule has 1 heterocycles. The fourth-order valence-corrected chi connectivity index (χ4v) is 2.25. The summed E-state index contributed by atoms with van der Waals surface area (Å²) in [5, 5.41) is 4.27. The van der Waals surface area contributed by atoms with Gasteiger partial charge in [0.2, 0.25) is 5.95 Å². The van der Waals surface area contributed by atoms with Crippen molar-refractivity contribution in [1.82, 2.24) is 9.97 Å². The lowest BCUT2D eigenvalue weighted by atomic mass is 10.0. The molecular formula is C18H14F2N4O. The van der Waals surface area contributed by atoms with Gasteiger partial charge in [-0.05, 0) is 55.5 Å². The number of rotatable bonds is 4. The first-order valence-corrected chi connectivity index (χ1v) is 7.45. The zero-order valence-electron chi connectivity index (χ0n) is 13.3. The van der Waals surface area contributed by atoms with Crippen LogP contribution < -0.4 is 11.0 Å². The summed E-state index contributed by atoms with van der Waals surface area (Å²) in [7, 11) is 0. The smallest absolute Gasteiger partial charge is 0.252 e. The number of aromatic nitrogens is 2. The first-order valence-electron chi connectivity index (χ1n) is 7.45. The molecule has 3 rings (SSSR count). The van der Waals surface area contributed by atoms with E-state index >= 15 is 0 Å². The van der Waals surface area contributed by atoms with Crippen LogP contribution in [0.15, 0.2) is 64.5 Å². The summed E-state index contributed by atoms with van der Waals surface area (Å²) in [5.41, 5.74) is 4.60. The van der Waals surface area contributed by atoms with Gasteiger partial charge in [0.25, 0.3) is 5.56 Å². The van der Waals surface area contributed by atoms with E-state index < -0.39 is 0 Å². The topological polar surface area (TPSA) is 70.1 Å². The summed E-state index contributed by atoms with van der Waals surface area (Å²) in [5.74, 6) is -0.577. The van der Waals surface area contributed by atoms with Crippen LogP contribution in [0.5, 0.6) is 0 Å². The zero-order chi connectivity index (χ0) is 17.8. The molecule has 0 bridgehead atoms. The molecule has 0 radical (unpaired) electrons. The van der Waals surface area contributed by atoms with Crippen molar-refractivity contribution in [2.24, 2.45) is 5.10 Å². The Labute approximate surface area is 142 Å². The number of aryl methyl sites for hydroxylation is 1. The molecule has 2 aromatic carbocycles. The quantitative estimate of drug-likeness (QED) is 0.566. The van der Waals surface area contributed by atoms with E-state index in [2.05, 4.69) is 20.5 Å². The van der Waals surface area contributed by atoms with Crippen LogP contribution in [0.1, 0.15) is 16.8 Å². The maximum Gasteiger partial charge on any atom is 0.252 e. The van der Waals surface area contributed by atoms with Crippen LogP contribution in [0.4, 0.5) is 14.7 Å². The van der Waals surface area contributed by atoms with E-state index in [1.54, 1.807) is 31.2 Å². The highest BCUT2D eigenvalue weighted by Crippen LogP contribution is 2.13. The first-order chi connectivity index (χ1) is 12.0. The van der Waals surface area contributed by atoms with Gasteiger partial charge in [-0.25, -0.2) is 19.2 Å². The Morgan fingerprint density at radius 1 is 1.00 bits per heavy atom. The van der Waals surface area contributed by atoms with Crippen LogP contribution in [-0.2, 0) is 0 Å². The molecule has 0 fully saturated rings. The number of H-pyrrole nitrogens is 1. The summed E-state index contributed by atoms with van der Waals surface area (Å²) in [6, 6.07) is 12.8. The molecule has 0 amide bonds. The van der Waals surface area contributed by atoms with Crippen molar-refractivity contribution in [3.8, 4) is 0 Å². The number of anilines is 1. The summed E-state index contributed by atoms with van der Waals surface area (Å²) < 4.78 is 26.4. The van der Waals surface area contributed by atoms with Crippen molar-refractivity contribution < 1.29 is 8.78 Å². The van der Waals surface area contributed by atoms with Gasteiger partial charge in [0.15, 0.2) is 0 Å². The van der Waals surface area contributed by atoms with Gasteiger partial charge in [-0.3, -0.25) is 9.78 Å². The molecule has 0 aliphatic rings. The predicted octanol–water partition coefficient (Wildman–Crippen LogP) is 3.22. The number of hydrogen-bond donors (Lipinski definition) is 2. The number of hydrazone groups is 1. The minimum atomic E-state index is -0.375. The number of halogens is 2. The molecule has 0 spiro atoms. The number of nitrogens with one attached hydrogen (secondary N) is 2. The van der Waals surface area contributed by atoms with Gasteiger partial charge in [-0.1, -0.05) is 0 Å². The Morgan fingerprint density at radius 2 is 1.52 bits per heavy atom. The van der Waals surface area contributed by atoms with Crippen LogP contribution in [0.3, 0.4) is 0 Å². The number of aromatic amines is 1. The molecule has 5 nitrogen and oxygen atoms in total. The minimum Gasteiger partial charge on any atom is -0.291 e. The van der Waals surface area contributed by atoms with E-state index in [0.29, 0.717) is 22.5 Å². The van der Waals surface area contributed by atoms with E-state index in [4.69, 9.17) is 0 Å². The molecule has 0 unspecified atom stereocenters. The zero-order valence-corrected chi connectivity index (χ0v) is 13.3. The van der Waals surface area contributed by atoms with Gasteiger partial charge in [0, 0.05) is 22.9 Å². The van der Waals surface area contributed by atoms with Gasteiger partial charge < -0.3 is 0 Å². The third kappa shape index (κ3) is 4.14.